The van der Waals surface area contributed by atoms with Gasteiger partial charge >= 0.3 is 0 Å². The van der Waals surface area contributed by atoms with E-state index >= 15 is 0 Å². The van der Waals surface area contributed by atoms with Crippen LogP contribution in [-0.2, 0) is 0 Å². The monoisotopic (exact) mass is 233 g/mol. The number of carbonyl (C=O) groups is 1. The zero-order chi connectivity index (χ0) is 12.3. The van der Waals surface area contributed by atoms with E-state index in [1.165, 1.54) is 6.42 Å². The van der Waals surface area contributed by atoms with Crippen molar-refractivity contribution >= 4 is 17.3 Å². The highest BCUT2D eigenvalue weighted by atomic mass is 16.2. The number of amides is 1. The molecule has 3 N–H and O–H groups in total. The second-order valence-corrected chi connectivity index (χ2v) is 4.40. The number of rotatable bonds is 2. The van der Waals surface area contributed by atoms with Crippen LogP contribution in [0.25, 0.3) is 0 Å². The number of benzene rings is 1. The standard InChI is InChI=1S/C13H19N3O/c1-15-12-6-5-10(9-11(12)14)13(17)16-7-3-2-4-8-16/h5-6,9,15H,2-4,7-8,14H2,1H3. The van der Waals surface area contributed by atoms with Crippen LogP contribution in [0.3, 0.4) is 0 Å². The minimum absolute atomic E-state index is 0.0963. The van der Waals surface area contributed by atoms with Crippen LogP contribution in [0.15, 0.2) is 18.2 Å². The maximum Gasteiger partial charge on any atom is 0.253 e. The molecule has 4 nitrogen and oxygen atoms in total. The van der Waals surface area contributed by atoms with E-state index in [4.69, 9.17) is 5.73 Å². The normalized spacial score (nSPS) is 15.7. The minimum Gasteiger partial charge on any atom is -0.397 e. The average Bonchev–Trinajstić information content (AvgIpc) is 2.39. The van der Waals surface area contributed by atoms with Crippen molar-refractivity contribution in [3.63, 3.8) is 0 Å². The number of carbonyl (C=O) groups excluding carboxylic acids is 1. The van der Waals surface area contributed by atoms with Crippen LogP contribution in [0.2, 0.25) is 0 Å². The molecule has 1 aromatic rings. The Morgan fingerprint density at radius 2 is 2.00 bits per heavy atom. The van der Waals surface area contributed by atoms with Crippen molar-refractivity contribution in [2.75, 3.05) is 31.2 Å². The Bertz CT molecular complexity index is 411. The predicted molar refractivity (Wildman–Crippen MR) is 70.2 cm³/mol. The van der Waals surface area contributed by atoms with Crippen molar-refractivity contribution in [2.24, 2.45) is 0 Å². The lowest BCUT2D eigenvalue weighted by Crippen LogP contribution is -2.35. The van der Waals surface area contributed by atoms with Crippen molar-refractivity contribution < 1.29 is 4.79 Å². The first-order valence-electron chi connectivity index (χ1n) is 6.09. The van der Waals surface area contributed by atoms with Crippen molar-refractivity contribution in [1.82, 2.24) is 4.90 Å². The number of nitrogens with zero attached hydrogens (tertiary/aromatic N) is 1. The van der Waals surface area contributed by atoms with Gasteiger partial charge in [0.15, 0.2) is 0 Å². The van der Waals surface area contributed by atoms with Crippen molar-refractivity contribution in [3.8, 4) is 0 Å². The summed E-state index contributed by atoms with van der Waals surface area (Å²) in [5.41, 5.74) is 8.03. The number of nitrogens with one attached hydrogen (secondary N) is 1. The number of likely N-dealkylation sites (tertiary alicyclic amines) is 1. The SMILES string of the molecule is CNc1ccc(C(=O)N2CCCCC2)cc1N. The summed E-state index contributed by atoms with van der Waals surface area (Å²) in [6.45, 7) is 1.74. The lowest BCUT2D eigenvalue weighted by Gasteiger charge is -2.26. The zero-order valence-corrected chi connectivity index (χ0v) is 10.2. The smallest absolute Gasteiger partial charge is 0.253 e. The van der Waals surface area contributed by atoms with Gasteiger partial charge in [-0.2, -0.15) is 0 Å². The van der Waals surface area contributed by atoms with Gasteiger partial charge in [-0.3, -0.25) is 4.79 Å². The summed E-state index contributed by atoms with van der Waals surface area (Å²) >= 11 is 0. The Morgan fingerprint density at radius 3 is 2.59 bits per heavy atom. The Balaban J connectivity index is 2.16. The van der Waals surface area contributed by atoms with Gasteiger partial charge in [0.05, 0.1) is 11.4 Å². The molecule has 1 amide bonds. The summed E-state index contributed by atoms with van der Waals surface area (Å²) < 4.78 is 0. The fourth-order valence-electron chi connectivity index (χ4n) is 2.20. The molecule has 0 aliphatic carbocycles. The van der Waals surface area contributed by atoms with Crippen LogP contribution < -0.4 is 11.1 Å². The third-order valence-electron chi connectivity index (χ3n) is 3.21. The van der Waals surface area contributed by atoms with Crippen molar-refractivity contribution in [3.05, 3.63) is 23.8 Å². The molecule has 2 rings (SSSR count). The van der Waals surface area contributed by atoms with Gasteiger partial charge in [0.1, 0.15) is 0 Å². The average molecular weight is 233 g/mol. The molecular weight excluding hydrogens is 214 g/mol. The zero-order valence-electron chi connectivity index (χ0n) is 10.2. The van der Waals surface area contributed by atoms with Crippen LogP contribution in [-0.4, -0.2) is 30.9 Å². The third-order valence-corrected chi connectivity index (χ3v) is 3.21. The van der Waals surface area contributed by atoms with E-state index in [0.29, 0.717) is 11.3 Å². The van der Waals surface area contributed by atoms with Gasteiger partial charge < -0.3 is 16.0 Å². The van der Waals surface area contributed by atoms with Gasteiger partial charge in [-0.05, 0) is 37.5 Å². The molecule has 1 aliphatic rings. The molecule has 0 unspecified atom stereocenters. The molecule has 1 heterocycles. The van der Waals surface area contributed by atoms with E-state index in [9.17, 15) is 4.79 Å². The van der Waals surface area contributed by atoms with Gasteiger partial charge in [-0.1, -0.05) is 0 Å². The summed E-state index contributed by atoms with van der Waals surface area (Å²) in [4.78, 5) is 14.1. The van der Waals surface area contributed by atoms with Crippen molar-refractivity contribution in [1.29, 1.82) is 0 Å². The van der Waals surface area contributed by atoms with Gasteiger partial charge in [-0.15, -0.1) is 0 Å². The summed E-state index contributed by atoms with van der Waals surface area (Å²) in [5.74, 6) is 0.0963. The lowest BCUT2D eigenvalue weighted by molar-refractivity contribution is 0.0724. The molecular formula is C13H19N3O. The van der Waals surface area contributed by atoms with Crippen molar-refractivity contribution in [2.45, 2.75) is 19.3 Å². The number of nitrogen functional groups attached to an aromatic ring is 1. The maximum absolute atomic E-state index is 12.2. The fraction of sp³-hybridized carbons (Fsp3) is 0.462. The van der Waals surface area contributed by atoms with E-state index in [2.05, 4.69) is 5.32 Å². The number of piperidine rings is 1. The van der Waals surface area contributed by atoms with E-state index in [1.807, 2.05) is 24.1 Å². The molecule has 1 saturated heterocycles. The predicted octanol–water partition coefficient (Wildman–Crippen LogP) is 1.94. The molecule has 1 aliphatic heterocycles. The highest BCUT2D eigenvalue weighted by molar-refractivity contribution is 5.96. The van der Waals surface area contributed by atoms with Crippen LogP contribution >= 0.6 is 0 Å². The van der Waals surface area contributed by atoms with Gasteiger partial charge in [0.25, 0.3) is 5.91 Å². The summed E-state index contributed by atoms with van der Waals surface area (Å²) in [6.07, 6.45) is 3.44. The molecule has 92 valence electrons. The summed E-state index contributed by atoms with van der Waals surface area (Å²) in [6, 6.07) is 5.44. The first-order valence-corrected chi connectivity index (χ1v) is 6.09. The quantitative estimate of drug-likeness (QED) is 0.767. The third kappa shape index (κ3) is 2.52. The fourth-order valence-corrected chi connectivity index (χ4v) is 2.20. The number of anilines is 2. The molecule has 4 heteroatoms. The molecule has 0 radical (unpaired) electrons. The van der Waals surface area contributed by atoms with E-state index in [0.717, 1.165) is 31.6 Å². The molecule has 1 fully saturated rings. The highest BCUT2D eigenvalue weighted by Gasteiger charge is 2.18. The van der Waals surface area contributed by atoms with E-state index in [-0.39, 0.29) is 5.91 Å². The van der Waals surface area contributed by atoms with Crippen LogP contribution in [0, 0.1) is 0 Å². The lowest BCUT2D eigenvalue weighted by atomic mass is 10.1. The minimum atomic E-state index is 0.0963. The van der Waals surface area contributed by atoms with Gasteiger partial charge in [0.2, 0.25) is 0 Å². The van der Waals surface area contributed by atoms with Crippen LogP contribution in [0.1, 0.15) is 29.6 Å². The van der Waals surface area contributed by atoms with Crippen LogP contribution in [0.4, 0.5) is 11.4 Å². The Labute approximate surface area is 102 Å². The largest absolute Gasteiger partial charge is 0.397 e. The molecule has 0 bridgehead atoms. The molecule has 0 saturated carbocycles. The first kappa shape index (κ1) is 11.8. The molecule has 0 spiro atoms. The molecule has 0 aromatic heterocycles. The van der Waals surface area contributed by atoms with Gasteiger partial charge in [-0.25, -0.2) is 0 Å². The maximum atomic E-state index is 12.2. The molecule has 1 aromatic carbocycles. The van der Waals surface area contributed by atoms with Gasteiger partial charge in [0, 0.05) is 25.7 Å². The second-order valence-electron chi connectivity index (χ2n) is 4.40. The summed E-state index contributed by atoms with van der Waals surface area (Å²) in [7, 11) is 1.82. The summed E-state index contributed by atoms with van der Waals surface area (Å²) in [5, 5.41) is 2.99. The second kappa shape index (κ2) is 5.08. The topological polar surface area (TPSA) is 58.4 Å². The van der Waals surface area contributed by atoms with E-state index in [1.54, 1.807) is 6.07 Å². The number of hydrogen-bond donors (Lipinski definition) is 2. The Kier molecular flexibility index (Phi) is 3.52. The van der Waals surface area contributed by atoms with Crippen LogP contribution in [0.5, 0.6) is 0 Å². The Hall–Kier alpha value is -1.71. The number of nitrogens with two attached hydrogens (primary N) is 1. The first-order chi connectivity index (χ1) is 8.22. The molecule has 0 atom stereocenters. The Morgan fingerprint density at radius 1 is 1.29 bits per heavy atom. The molecule has 17 heavy (non-hydrogen) atoms. The van der Waals surface area contributed by atoms with E-state index < -0.39 is 0 Å². The highest BCUT2D eigenvalue weighted by Crippen LogP contribution is 2.21. The number of hydrogen-bond acceptors (Lipinski definition) is 3.